The van der Waals surface area contributed by atoms with Crippen LogP contribution in [0.2, 0.25) is 5.15 Å². The van der Waals surface area contributed by atoms with E-state index in [-0.39, 0.29) is 5.69 Å². The number of pyridine rings is 1. The number of rotatable bonds is 5. The molecule has 0 amide bonds. The van der Waals surface area contributed by atoms with Crippen molar-refractivity contribution in [3.8, 4) is 0 Å². The van der Waals surface area contributed by atoms with Crippen LogP contribution in [0.5, 0.6) is 0 Å². The minimum absolute atomic E-state index is 0.0476. The van der Waals surface area contributed by atoms with Crippen molar-refractivity contribution in [3.63, 3.8) is 0 Å². The van der Waals surface area contributed by atoms with Crippen molar-refractivity contribution < 1.29 is 9.66 Å². The molecule has 0 unspecified atom stereocenters. The Morgan fingerprint density at radius 3 is 2.85 bits per heavy atom. The van der Waals surface area contributed by atoms with Gasteiger partial charge in [0.25, 0.3) is 5.69 Å². The molecule has 1 aliphatic heterocycles. The molecule has 0 radical (unpaired) electrons. The van der Waals surface area contributed by atoms with Gasteiger partial charge in [-0.25, -0.2) is 9.97 Å². The quantitative estimate of drug-likeness (QED) is 0.391. The Kier molecular flexibility index (Phi) is 5.17. The third kappa shape index (κ3) is 4.33. The highest BCUT2D eigenvalue weighted by atomic mass is 35.5. The molecule has 0 atom stereocenters. The third-order valence-corrected chi connectivity index (χ3v) is 5.31. The number of nitro benzene ring substituents is 1. The highest BCUT2D eigenvalue weighted by Gasteiger charge is 2.14. The normalized spacial score (nSPS) is 15.1. The zero-order valence-corrected chi connectivity index (χ0v) is 15.8. The van der Waals surface area contributed by atoms with Gasteiger partial charge in [-0.15, -0.1) is 0 Å². The molecule has 1 fully saturated rings. The fraction of sp³-hybridized carbons (Fsp3) is 0.294. The fourth-order valence-electron chi connectivity index (χ4n) is 2.91. The predicted octanol–water partition coefficient (Wildman–Crippen LogP) is 3.83. The van der Waals surface area contributed by atoms with E-state index >= 15 is 0 Å². The Morgan fingerprint density at radius 1 is 1.26 bits per heavy atom. The van der Waals surface area contributed by atoms with Crippen molar-refractivity contribution in [1.29, 1.82) is 0 Å². The number of morpholine rings is 1. The molecule has 8 nitrogen and oxygen atoms in total. The number of halogens is 1. The Hall–Kier alpha value is -2.33. The topological polar surface area (TPSA) is 93.4 Å². The molecule has 3 aromatic rings. The number of benzene rings is 1. The number of nitrogens with zero attached hydrogens (tertiary/aromatic N) is 4. The second kappa shape index (κ2) is 7.73. The van der Waals surface area contributed by atoms with E-state index in [1.54, 1.807) is 6.07 Å². The van der Waals surface area contributed by atoms with Crippen molar-refractivity contribution >= 4 is 49.8 Å². The van der Waals surface area contributed by atoms with Crippen molar-refractivity contribution in [2.45, 2.75) is 6.54 Å². The molecule has 0 aliphatic carbocycles. The Balaban J connectivity index is 1.54. The average molecular weight is 406 g/mol. The van der Waals surface area contributed by atoms with Crippen molar-refractivity contribution in [3.05, 3.63) is 51.2 Å². The summed E-state index contributed by atoms with van der Waals surface area (Å²) in [6.45, 7) is 4.02. The van der Waals surface area contributed by atoms with Gasteiger partial charge in [0.1, 0.15) is 11.0 Å². The standard InChI is InChI=1S/C17H16ClN5O3S/c18-15-7-11(10-22-3-5-26-6-4-22)8-16(20-15)21-17-19-13-2-1-12(23(24)25)9-14(13)27-17/h1-2,7-9H,3-6,10H2,(H,19,20,21). The average Bonchev–Trinajstić information content (AvgIpc) is 3.03. The summed E-state index contributed by atoms with van der Waals surface area (Å²) in [6.07, 6.45) is 0. The summed E-state index contributed by atoms with van der Waals surface area (Å²) in [5.41, 5.74) is 1.80. The number of ether oxygens (including phenoxy) is 1. The smallest absolute Gasteiger partial charge is 0.270 e. The summed E-state index contributed by atoms with van der Waals surface area (Å²) in [7, 11) is 0. The molecule has 0 bridgehead atoms. The second-order valence-electron chi connectivity index (χ2n) is 6.13. The minimum atomic E-state index is -0.414. The fourth-order valence-corrected chi connectivity index (χ4v) is 4.05. The molecular formula is C17H16ClN5O3S. The number of thiazole rings is 1. The SMILES string of the molecule is O=[N+]([O-])c1ccc2nc(Nc3cc(CN4CCOCC4)cc(Cl)n3)sc2c1. The second-order valence-corrected chi connectivity index (χ2v) is 7.54. The van der Waals surface area contributed by atoms with E-state index in [9.17, 15) is 10.1 Å². The van der Waals surface area contributed by atoms with Crippen LogP contribution in [0.15, 0.2) is 30.3 Å². The van der Waals surface area contributed by atoms with Crippen LogP contribution in [0.25, 0.3) is 10.2 Å². The monoisotopic (exact) mass is 405 g/mol. The molecule has 0 spiro atoms. The maximum Gasteiger partial charge on any atom is 0.270 e. The van der Waals surface area contributed by atoms with E-state index in [1.165, 1.54) is 23.5 Å². The van der Waals surface area contributed by atoms with Crippen molar-refractivity contribution in [2.24, 2.45) is 0 Å². The molecule has 1 saturated heterocycles. The number of nitro groups is 1. The number of nitrogens with one attached hydrogen (secondary N) is 1. The van der Waals surface area contributed by atoms with Crippen LogP contribution in [0.3, 0.4) is 0 Å². The molecule has 1 N–H and O–H groups in total. The largest absolute Gasteiger partial charge is 0.379 e. The lowest BCUT2D eigenvalue weighted by Crippen LogP contribution is -2.35. The minimum Gasteiger partial charge on any atom is -0.379 e. The zero-order chi connectivity index (χ0) is 18.8. The van der Waals surface area contributed by atoms with Crippen molar-refractivity contribution in [2.75, 3.05) is 31.6 Å². The molecule has 3 heterocycles. The molecule has 27 heavy (non-hydrogen) atoms. The van der Waals surface area contributed by atoms with Gasteiger partial charge < -0.3 is 10.1 Å². The van der Waals surface area contributed by atoms with Crippen LogP contribution in [0.1, 0.15) is 5.56 Å². The van der Waals surface area contributed by atoms with E-state index in [2.05, 4.69) is 20.2 Å². The highest BCUT2D eigenvalue weighted by Crippen LogP contribution is 2.31. The number of fused-ring (bicyclic) bond motifs is 1. The molecule has 2 aromatic heterocycles. The van der Waals surface area contributed by atoms with Crippen LogP contribution in [0.4, 0.5) is 16.6 Å². The lowest BCUT2D eigenvalue weighted by atomic mass is 10.2. The Labute approximate surface area is 163 Å². The lowest BCUT2D eigenvalue weighted by molar-refractivity contribution is -0.384. The first-order valence-corrected chi connectivity index (χ1v) is 9.55. The summed E-state index contributed by atoms with van der Waals surface area (Å²) < 4.78 is 6.11. The number of hydrogen-bond donors (Lipinski definition) is 1. The van der Waals surface area contributed by atoms with Crippen LogP contribution in [0, 0.1) is 10.1 Å². The predicted molar refractivity (Wildman–Crippen MR) is 105 cm³/mol. The Bertz CT molecular complexity index is 990. The van der Waals surface area contributed by atoms with Crippen molar-refractivity contribution in [1.82, 2.24) is 14.9 Å². The number of aromatic nitrogens is 2. The molecule has 1 aromatic carbocycles. The van der Waals surface area contributed by atoms with Gasteiger partial charge in [0, 0.05) is 31.8 Å². The molecule has 1 aliphatic rings. The van der Waals surface area contributed by atoms with Gasteiger partial charge in [-0.3, -0.25) is 15.0 Å². The maximum absolute atomic E-state index is 10.9. The molecular weight excluding hydrogens is 390 g/mol. The van der Waals surface area contributed by atoms with Crippen LogP contribution in [-0.4, -0.2) is 46.1 Å². The first-order valence-electron chi connectivity index (χ1n) is 8.35. The molecule has 140 valence electrons. The lowest BCUT2D eigenvalue weighted by Gasteiger charge is -2.26. The first-order chi connectivity index (χ1) is 13.1. The summed E-state index contributed by atoms with van der Waals surface area (Å²) in [4.78, 5) is 21.6. The first kappa shape index (κ1) is 18.1. The molecule has 10 heteroatoms. The summed E-state index contributed by atoms with van der Waals surface area (Å²) in [6, 6.07) is 8.40. The Morgan fingerprint density at radius 2 is 2.07 bits per heavy atom. The zero-order valence-electron chi connectivity index (χ0n) is 14.2. The number of anilines is 2. The van der Waals surface area contributed by atoms with Gasteiger partial charge in [0.15, 0.2) is 5.13 Å². The third-order valence-electron chi connectivity index (χ3n) is 4.18. The van der Waals surface area contributed by atoms with Crippen LogP contribution >= 0.6 is 22.9 Å². The van der Waals surface area contributed by atoms with Gasteiger partial charge in [-0.2, -0.15) is 0 Å². The maximum atomic E-state index is 10.9. The van der Waals surface area contributed by atoms with Crippen LogP contribution in [-0.2, 0) is 11.3 Å². The molecule has 4 rings (SSSR count). The number of non-ortho nitro benzene ring substituents is 1. The van der Waals surface area contributed by atoms with E-state index in [4.69, 9.17) is 16.3 Å². The van der Waals surface area contributed by atoms with E-state index in [1.807, 2.05) is 12.1 Å². The van der Waals surface area contributed by atoms with Gasteiger partial charge in [0.2, 0.25) is 0 Å². The van der Waals surface area contributed by atoms with E-state index in [0.29, 0.717) is 21.6 Å². The molecule has 0 saturated carbocycles. The van der Waals surface area contributed by atoms with E-state index < -0.39 is 4.92 Å². The van der Waals surface area contributed by atoms with Gasteiger partial charge in [-0.05, 0) is 23.8 Å². The van der Waals surface area contributed by atoms with Crippen LogP contribution < -0.4 is 5.32 Å². The van der Waals surface area contributed by atoms with Gasteiger partial charge >= 0.3 is 0 Å². The van der Waals surface area contributed by atoms with Gasteiger partial charge in [0.05, 0.1) is 28.4 Å². The number of hydrogen-bond acceptors (Lipinski definition) is 8. The van der Waals surface area contributed by atoms with Gasteiger partial charge in [-0.1, -0.05) is 22.9 Å². The van der Waals surface area contributed by atoms with E-state index in [0.717, 1.165) is 43.1 Å². The summed E-state index contributed by atoms with van der Waals surface area (Å²) >= 11 is 7.52. The summed E-state index contributed by atoms with van der Waals surface area (Å²) in [5, 5.41) is 15.1. The highest BCUT2D eigenvalue weighted by molar-refractivity contribution is 7.22. The summed E-state index contributed by atoms with van der Waals surface area (Å²) in [5.74, 6) is 0.597.